The van der Waals surface area contributed by atoms with Crippen molar-refractivity contribution >= 4 is 38.9 Å². The first-order valence-electron chi connectivity index (χ1n) is 4.87. The maximum Gasteiger partial charge on any atom is 0.268 e. The molecule has 5 heteroatoms. The summed E-state index contributed by atoms with van der Waals surface area (Å²) in [5, 5.41) is 0. The van der Waals surface area contributed by atoms with Crippen molar-refractivity contribution in [3.05, 3.63) is 50.9 Å². The molecule has 0 bridgehead atoms. The molecule has 88 valence electrons. The number of halogens is 2. The van der Waals surface area contributed by atoms with Crippen molar-refractivity contribution in [2.24, 2.45) is 0 Å². The van der Waals surface area contributed by atoms with E-state index in [4.69, 9.17) is 0 Å². The van der Waals surface area contributed by atoms with Gasteiger partial charge in [-0.3, -0.25) is 4.79 Å². The van der Waals surface area contributed by atoms with Crippen LogP contribution in [0.5, 0.6) is 0 Å². The van der Waals surface area contributed by atoms with Gasteiger partial charge in [-0.2, -0.15) is 0 Å². The van der Waals surface area contributed by atoms with E-state index in [1.807, 2.05) is 6.07 Å². The standard InChI is InChI=1S/C12H9BrFNOS/c1-15(9-4-2-3-8(14)7-9)12(16)10-5-6-11(13)17-10/h2-7H,1H3. The molecule has 17 heavy (non-hydrogen) atoms. The Morgan fingerprint density at radius 2 is 2.12 bits per heavy atom. The molecule has 2 rings (SSSR count). The summed E-state index contributed by atoms with van der Waals surface area (Å²) in [5.41, 5.74) is 0.541. The Morgan fingerprint density at radius 3 is 2.71 bits per heavy atom. The van der Waals surface area contributed by atoms with E-state index < -0.39 is 0 Å². The topological polar surface area (TPSA) is 20.3 Å². The second-order valence-electron chi connectivity index (χ2n) is 3.45. The summed E-state index contributed by atoms with van der Waals surface area (Å²) in [6, 6.07) is 9.52. The number of thiophene rings is 1. The van der Waals surface area contributed by atoms with Gasteiger partial charge in [0.1, 0.15) is 5.82 Å². The minimum absolute atomic E-state index is 0.147. The molecule has 0 aliphatic carbocycles. The zero-order valence-corrected chi connectivity index (χ0v) is 11.4. The molecule has 0 atom stereocenters. The Balaban J connectivity index is 2.26. The molecular weight excluding hydrogens is 305 g/mol. The molecule has 2 aromatic rings. The Bertz CT molecular complexity index is 555. The van der Waals surface area contributed by atoms with Gasteiger partial charge in [0.25, 0.3) is 5.91 Å². The second kappa shape index (κ2) is 4.98. The van der Waals surface area contributed by atoms with Crippen LogP contribution in [0.1, 0.15) is 9.67 Å². The molecule has 2 nitrogen and oxygen atoms in total. The SMILES string of the molecule is CN(C(=O)c1ccc(Br)s1)c1cccc(F)c1. The Labute approximate surface area is 111 Å². The molecule has 0 saturated heterocycles. The number of hydrogen-bond donors (Lipinski definition) is 0. The average molecular weight is 314 g/mol. The summed E-state index contributed by atoms with van der Waals surface area (Å²) >= 11 is 4.66. The third-order valence-electron chi connectivity index (χ3n) is 2.28. The van der Waals surface area contributed by atoms with E-state index >= 15 is 0 Å². The van der Waals surface area contributed by atoms with Crippen molar-refractivity contribution in [3.8, 4) is 0 Å². The lowest BCUT2D eigenvalue weighted by molar-refractivity contribution is 0.0997. The number of anilines is 1. The first kappa shape index (κ1) is 12.3. The zero-order chi connectivity index (χ0) is 12.4. The van der Waals surface area contributed by atoms with Crippen LogP contribution in [0.25, 0.3) is 0 Å². The van der Waals surface area contributed by atoms with E-state index in [0.29, 0.717) is 10.6 Å². The Morgan fingerprint density at radius 1 is 1.35 bits per heavy atom. The van der Waals surface area contributed by atoms with Gasteiger partial charge in [0.15, 0.2) is 0 Å². The Kier molecular flexibility index (Phi) is 3.59. The van der Waals surface area contributed by atoms with Crippen LogP contribution in [-0.2, 0) is 0 Å². The van der Waals surface area contributed by atoms with Crippen molar-refractivity contribution in [1.29, 1.82) is 0 Å². The highest BCUT2D eigenvalue weighted by Gasteiger charge is 2.15. The van der Waals surface area contributed by atoms with Crippen LogP contribution in [0.2, 0.25) is 0 Å². The first-order chi connectivity index (χ1) is 8.08. The summed E-state index contributed by atoms with van der Waals surface area (Å²) in [4.78, 5) is 14.1. The second-order valence-corrected chi connectivity index (χ2v) is 5.91. The Hall–Kier alpha value is -1.20. The van der Waals surface area contributed by atoms with Crippen molar-refractivity contribution in [2.75, 3.05) is 11.9 Å². The molecule has 1 aromatic carbocycles. The van der Waals surface area contributed by atoms with Crippen LogP contribution in [-0.4, -0.2) is 13.0 Å². The third-order valence-corrected chi connectivity index (χ3v) is 3.90. The predicted molar refractivity (Wildman–Crippen MR) is 71.2 cm³/mol. The van der Waals surface area contributed by atoms with Gasteiger partial charge in [0, 0.05) is 12.7 Å². The fourth-order valence-electron chi connectivity index (χ4n) is 1.40. The lowest BCUT2D eigenvalue weighted by Crippen LogP contribution is -2.25. The molecule has 1 heterocycles. The quantitative estimate of drug-likeness (QED) is 0.822. The molecular formula is C12H9BrFNOS. The van der Waals surface area contributed by atoms with Crippen molar-refractivity contribution in [1.82, 2.24) is 0 Å². The van der Waals surface area contributed by atoms with Gasteiger partial charge in [-0.15, -0.1) is 11.3 Å². The van der Waals surface area contributed by atoms with E-state index in [2.05, 4.69) is 15.9 Å². The summed E-state index contributed by atoms with van der Waals surface area (Å²) in [5.74, 6) is -0.499. The molecule has 0 aliphatic rings. The summed E-state index contributed by atoms with van der Waals surface area (Å²) in [7, 11) is 1.63. The molecule has 0 radical (unpaired) electrons. The molecule has 1 aromatic heterocycles. The summed E-state index contributed by atoms with van der Waals surface area (Å²) < 4.78 is 14.0. The highest BCUT2D eigenvalue weighted by atomic mass is 79.9. The van der Waals surface area contributed by atoms with E-state index in [0.717, 1.165) is 3.79 Å². The first-order valence-corrected chi connectivity index (χ1v) is 6.48. The molecule has 0 fully saturated rings. The fourth-order valence-corrected chi connectivity index (χ4v) is 2.76. The van der Waals surface area contributed by atoms with Crippen LogP contribution >= 0.6 is 27.3 Å². The monoisotopic (exact) mass is 313 g/mol. The normalized spacial score (nSPS) is 10.3. The highest BCUT2D eigenvalue weighted by Crippen LogP contribution is 2.25. The highest BCUT2D eigenvalue weighted by molar-refractivity contribution is 9.11. The van der Waals surface area contributed by atoms with E-state index in [1.165, 1.54) is 28.4 Å². The van der Waals surface area contributed by atoms with Crippen LogP contribution < -0.4 is 4.90 Å². The predicted octanol–water partition coefficient (Wildman–Crippen LogP) is 3.93. The zero-order valence-electron chi connectivity index (χ0n) is 8.98. The summed E-state index contributed by atoms with van der Waals surface area (Å²) in [6.45, 7) is 0. The van der Waals surface area contributed by atoms with Crippen LogP contribution in [0.3, 0.4) is 0 Å². The number of nitrogens with zero attached hydrogens (tertiary/aromatic N) is 1. The summed E-state index contributed by atoms with van der Waals surface area (Å²) in [6.07, 6.45) is 0. The minimum Gasteiger partial charge on any atom is -0.311 e. The maximum absolute atomic E-state index is 13.1. The lowest BCUT2D eigenvalue weighted by Gasteiger charge is -2.16. The molecule has 0 spiro atoms. The largest absolute Gasteiger partial charge is 0.311 e. The van der Waals surface area contributed by atoms with Gasteiger partial charge in [0.2, 0.25) is 0 Å². The van der Waals surface area contributed by atoms with Gasteiger partial charge in [-0.1, -0.05) is 6.07 Å². The van der Waals surface area contributed by atoms with Crippen molar-refractivity contribution in [3.63, 3.8) is 0 Å². The number of amides is 1. The molecule has 0 saturated carbocycles. The van der Waals surface area contributed by atoms with Gasteiger partial charge in [0.05, 0.1) is 8.66 Å². The number of rotatable bonds is 2. The lowest BCUT2D eigenvalue weighted by atomic mass is 10.3. The van der Waals surface area contributed by atoms with Gasteiger partial charge >= 0.3 is 0 Å². The number of carbonyl (C=O) groups is 1. The van der Waals surface area contributed by atoms with Gasteiger partial charge < -0.3 is 4.90 Å². The van der Waals surface area contributed by atoms with Crippen LogP contribution in [0.4, 0.5) is 10.1 Å². The van der Waals surface area contributed by atoms with Crippen LogP contribution in [0.15, 0.2) is 40.2 Å². The van der Waals surface area contributed by atoms with Gasteiger partial charge in [-0.25, -0.2) is 4.39 Å². The fraction of sp³-hybridized carbons (Fsp3) is 0.0833. The number of benzene rings is 1. The average Bonchev–Trinajstić information content (AvgIpc) is 2.74. The van der Waals surface area contributed by atoms with E-state index in [9.17, 15) is 9.18 Å². The molecule has 1 amide bonds. The molecule has 0 N–H and O–H groups in total. The van der Waals surface area contributed by atoms with Crippen LogP contribution in [0, 0.1) is 5.82 Å². The molecule has 0 unspecified atom stereocenters. The number of hydrogen-bond acceptors (Lipinski definition) is 2. The van der Waals surface area contributed by atoms with Crippen molar-refractivity contribution < 1.29 is 9.18 Å². The van der Waals surface area contributed by atoms with Gasteiger partial charge in [-0.05, 0) is 46.3 Å². The smallest absolute Gasteiger partial charge is 0.268 e. The van der Waals surface area contributed by atoms with E-state index in [1.54, 1.807) is 25.2 Å². The maximum atomic E-state index is 13.1. The number of carbonyl (C=O) groups excluding carboxylic acids is 1. The third kappa shape index (κ3) is 2.73. The molecule has 0 aliphatic heterocycles. The van der Waals surface area contributed by atoms with E-state index in [-0.39, 0.29) is 11.7 Å². The minimum atomic E-state index is -0.352. The van der Waals surface area contributed by atoms with Crippen molar-refractivity contribution in [2.45, 2.75) is 0 Å².